The van der Waals surface area contributed by atoms with Gasteiger partial charge in [0.1, 0.15) is 5.82 Å². The maximum Gasteiger partial charge on any atom is 0.253 e. The summed E-state index contributed by atoms with van der Waals surface area (Å²) in [6.07, 6.45) is 2.33. The van der Waals surface area contributed by atoms with E-state index in [1.807, 2.05) is 17.0 Å². The summed E-state index contributed by atoms with van der Waals surface area (Å²) in [7, 11) is 0. The van der Waals surface area contributed by atoms with Gasteiger partial charge in [-0.3, -0.25) is 4.79 Å². The molecule has 1 fully saturated rings. The number of fused-ring (bicyclic) bond motifs is 1. The van der Waals surface area contributed by atoms with Crippen LogP contribution in [0.5, 0.6) is 0 Å². The van der Waals surface area contributed by atoms with Crippen LogP contribution in [-0.4, -0.2) is 43.5 Å². The van der Waals surface area contributed by atoms with Gasteiger partial charge >= 0.3 is 0 Å². The summed E-state index contributed by atoms with van der Waals surface area (Å²) in [5.74, 6) is -0.144. The molecule has 0 aromatic heterocycles. The number of para-hydroxylation sites is 1. The second-order valence-corrected chi connectivity index (χ2v) is 8.61. The maximum atomic E-state index is 13.2. The molecular formula is C27H28FN3O. The van der Waals surface area contributed by atoms with Gasteiger partial charge in [-0.2, -0.15) is 0 Å². The first kappa shape index (κ1) is 20.6. The zero-order valence-electron chi connectivity index (χ0n) is 18.2. The van der Waals surface area contributed by atoms with E-state index >= 15 is 0 Å². The predicted molar refractivity (Wildman–Crippen MR) is 127 cm³/mol. The van der Waals surface area contributed by atoms with E-state index < -0.39 is 0 Å². The average molecular weight is 430 g/mol. The highest BCUT2D eigenvalue weighted by molar-refractivity contribution is 5.94. The van der Waals surface area contributed by atoms with Gasteiger partial charge in [0.2, 0.25) is 0 Å². The molecule has 164 valence electrons. The van der Waals surface area contributed by atoms with Gasteiger partial charge < -0.3 is 14.7 Å². The van der Waals surface area contributed by atoms with Crippen LogP contribution in [0.25, 0.3) is 0 Å². The highest BCUT2D eigenvalue weighted by atomic mass is 19.1. The van der Waals surface area contributed by atoms with Crippen molar-refractivity contribution in [2.75, 3.05) is 42.5 Å². The third-order valence-corrected chi connectivity index (χ3v) is 6.54. The Morgan fingerprint density at radius 2 is 1.53 bits per heavy atom. The first-order valence-electron chi connectivity index (χ1n) is 11.4. The fourth-order valence-electron chi connectivity index (χ4n) is 4.75. The van der Waals surface area contributed by atoms with Crippen LogP contribution in [0.1, 0.15) is 27.9 Å². The number of hydrogen-bond donors (Lipinski definition) is 0. The minimum absolute atomic E-state index is 0.0821. The summed E-state index contributed by atoms with van der Waals surface area (Å²) < 4.78 is 13.2. The summed E-state index contributed by atoms with van der Waals surface area (Å²) in [4.78, 5) is 19.5. The topological polar surface area (TPSA) is 26.8 Å². The Bertz CT molecular complexity index is 1070. The minimum atomic E-state index is -0.226. The molecule has 5 rings (SSSR count). The number of nitrogens with zero attached hydrogens (tertiary/aromatic N) is 3. The molecule has 2 aliphatic heterocycles. The van der Waals surface area contributed by atoms with Crippen LogP contribution in [0, 0.1) is 5.82 Å². The van der Waals surface area contributed by atoms with Gasteiger partial charge in [0, 0.05) is 56.2 Å². The molecule has 0 aliphatic carbocycles. The van der Waals surface area contributed by atoms with Crippen molar-refractivity contribution < 1.29 is 9.18 Å². The number of halogens is 1. The van der Waals surface area contributed by atoms with Gasteiger partial charge in [0.15, 0.2) is 0 Å². The van der Waals surface area contributed by atoms with Crippen LogP contribution in [0.4, 0.5) is 15.8 Å². The lowest BCUT2D eigenvalue weighted by molar-refractivity contribution is 0.0747. The minimum Gasteiger partial charge on any atom is -0.368 e. The smallest absolute Gasteiger partial charge is 0.253 e. The molecule has 2 aliphatic rings. The van der Waals surface area contributed by atoms with Crippen molar-refractivity contribution in [3.05, 3.63) is 95.3 Å². The van der Waals surface area contributed by atoms with E-state index in [-0.39, 0.29) is 11.7 Å². The van der Waals surface area contributed by atoms with E-state index in [0.29, 0.717) is 13.1 Å². The van der Waals surface area contributed by atoms with Crippen LogP contribution in [0.2, 0.25) is 0 Å². The summed E-state index contributed by atoms with van der Waals surface area (Å²) in [6.45, 7) is 4.77. The van der Waals surface area contributed by atoms with Gasteiger partial charge in [-0.1, -0.05) is 30.3 Å². The Balaban J connectivity index is 1.19. The summed E-state index contributed by atoms with van der Waals surface area (Å²) >= 11 is 0. The highest BCUT2D eigenvalue weighted by Gasteiger charge is 2.23. The van der Waals surface area contributed by atoms with E-state index in [0.717, 1.165) is 43.9 Å². The lowest BCUT2D eigenvalue weighted by Crippen LogP contribution is -2.48. The highest BCUT2D eigenvalue weighted by Crippen LogP contribution is 2.28. The molecule has 0 radical (unpaired) electrons. The summed E-state index contributed by atoms with van der Waals surface area (Å²) in [5, 5.41) is 0. The molecular weight excluding hydrogens is 401 g/mol. The van der Waals surface area contributed by atoms with E-state index in [9.17, 15) is 9.18 Å². The van der Waals surface area contributed by atoms with Gasteiger partial charge in [-0.25, -0.2) is 4.39 Å². The van der Waals surface area contributed by atoms with Crippen LogP contribution in [0.15, 0.2) is 72.8 Å². The fraction of sp³-hybridized carbons (Fsp3) is 0.296. The zero-order valence-corrected chi connectivity index (χ0v) is 18.2. The van der Waals surface area contributed by atoms with Crippen LogP contribution in [0.3, 0.4) is 0 Å². The third-order valence-electron chi connectivity index (χ3n) is 6.54. The quantitative estimate of drug-likeness (QED) is 0.599. The van der Waals surface area contributed by atoms with Gasteiger partial charge in [0.05, 0.1) is 0 Å². The number of rotatable bonds is 4. The van der Waals surface area contributed by atoms with Crippen molar-refractivity contribution in [2.24, 2.45) is 0 Å². The second kappa shape index (κ2) is 9.03. The normalized spacial score (nSPS) is 16.1. The van der Waals surface area contributed by atoms with Crippen molar-refractivity contribution in [3.8, 4) is 0 Å². The first-order chi connectivity index (χ1) is 15.7. The largest absolute Gasteiger partial charge is 0.368 e. The fourth-order valence-corrected chi connectivity index (χ4v) is 4.75. The summed E-state index contributed by atoms with van der Waals surface area (Å²) in [5.41, 5.74) is 5.72. The molecule has 5 heteroatoms. The van der Waals surface area contributed by atoms with Crippen LogP contribution in [-0.2, 0) is 13.0 Å². The third kappa shape index (κ3) is 4.33. The molecule has 1 amide bonds. The maximum absolute atomic E-state index is 13.2. The number of anilines is 2. The number of carbonyl (C=O) groups is 1. The molecule has 4 nitrogen and oxygen atoms in total. The van der Waals surface area contributed by atoms with Gasteiger partial charge in [0.25, 0.3) is 5.91 Å². The standard InChI is InChI=1S/C27H28FN3O/c28-24-11-13-25(14-12-24)29-16-18-30(19-17-29)27(32)23-9-7-21(8-10-23)20-31-15-3-5-22-4-1-2-6-26(22)31/h1-2,4,6-14H,3,5,15-20H2. The number of aryl methyl sites for hydroxylation is 1. The van der Waals surface area contributed by atoms with Crippen molar-refractivity contribution in [2.45, 2.75) is 19.4 Å². The van der Waals surface area contributed by atoms with Crippen LogP contribution >= 0.6 is 0 Å². The predicted octanol–water partition coefficient (Wildman–Crippen LogP) is 4.74. The molecule has 3 aromatic rings. The molecule has 0 atom stereocenters. The Morgan fingerprint density at radius 3 is 2.28 bits per heavy atom. The van der Waals surface area contributed by atoms with Crippen molar-refractivity contribution in [1.82, 2.24) is 4.90 Å². The molecule has 0 saturated carbocycles. The van der Waals surface area contributed by atoms with E-state index in [4.69, 9.17) is 0 Å². The summed E-state index contributed by atoms with van der Waals surface area (Å²) in [6, 6.07) is 23.3. The lowest BCUT2D eigenvalue weighted by atomic mass is 10.0. The number of benzene rings is 3. The average Bonchev–Trinajstić information content (AvgIpc) is 2.85. The molecule has 0 spiro atoms. The van der Waals surface area contributed by atoms with Gasteiger partial charge in [-0.05, 0) is 66.4 Å². The lowest BCUT2D eigenvalue weighted by Gasteiger charge is -2.36. The molecule has 0 bridgehead atoms. The van der Waals surface area contributed by atoms with Crippen molar-refractivity contribution in [1.29, 1.82) is 0 Å². The number of hydrogen-bond acceptors (Lipinski definition) is 3. The van der Waals surface area contributed by atoms with E-state index in [1.165, 1.54) is 35.4 Å². The number of amides is 1. The number of carbonyl (C=O) groups excluding carboxylic acids is 1. The molecule has 1 saturated heterocycles. The Morgan fingerprint density at radius 1 is 0.812 bits per heavy atom. The van der Waals surface area contributed by atoms with Gasteiger partial charge in [-0.15, -0.1) is 0 Å². The SMILES string of the molecule is O=C(c1ccc(CN2CCCc3ccccc32)cc1)N1CCN(c2ccc(F)cc2)CC1. The molecule has 3 aromatic carbocycles. The Labute approximate surface area is 188 Å². The first-order valence-corrected chi connectivity index (χ1v) is 11.4. The molecule has 2 heterocycles. The van der Waals surface area contributed by atoms with Crippen LogP contribution < -0.4 is 9.80 Å². The molecule has 0 unspecified atom stereocenters. The molecule has 0 N–H and O–H groups in total. The number of piperazine rings is 1. The second-order valence-electron chi connectivity index (χ2n) is 8.61. The van der Waals surface area contributed by atoms with Crippen molar-refractivity contribution in [3.63, 3.8) is 0 Å². The molecule has 32 heavy (non-hydrogen) atoms. The van der Waals surface area contributed by atoms with E-state index in [2.05, 4.69) is 46.2 Å². The Hall–Kier alpha value is -3.34. The zero-order chi connectivity index (χ0) is 21.9. The van der Waals surface area contributed by atoms with E-state index in [1.54, 1.807) is 12.1 Å². The monoisotopic (exact) mass is 429 g/mol. The van der Waals surface area contributed by atoms with Crippen molar-refractivity contribution >= 4 is 17.3 Å². The Kier molecular flexibility index (Phi) is 5.80.